The highest BCUT2D eigenvalue weighted by atomic mass is 16.5. The van der Waals surface area contributed by atoms with Gasteiger partial charge in [-0.1, -0.05) is 12.1 Å². The van der Waals surface area contributed by atoms with E-state index in [2.05, 4.69) is 0 Å². The van der Waals surface area contributed by atoms with Gasteiger partial charge in [0.2, 0.25) is 0 Å². The van der Waals surface area contributed by atoms with Crippen LogP contribution in [0.25, 0.3) is 0 Å². The summed E-state index contributed by atoms with van der Waals surface area (Å²) in [5.74, 6) is 2.91. The summed E-state index contributed by atoms with van der Waals surface area (Å²) in [6, 6.07) is 14.9. The number of methoxy groups -OCH3 is 1. The number of para-hydroxylation sites is 2. The van der Waals surface area contributed by atoms with Crippen molar-refractivity contribution in [3.63, 3.8) is 0 Å². The molecule has 0 aliphatic heterocycles. The normalized spacial score (nSPS) is 12.3. The Hall–Kier alpha value is -2.70. The Balaban J connectivity index is 1.58. The Bertz CT molecular complexity index is 718. The van der Waals surface area contributed by atoms with Crippen LogP contribution < -0.4 is 9.47 Å². The highest BCUT2D eigenvalue weighted by Crippen LogP contribution is 2.25. The third-order valence-electron chi connectivity index (χ3n) is 3.89. The fourth-order valence-corrected chi connectivity index (χ4v) is 2.71. The molecule has 26 heavy (non-hydrogen) atoms. The van der Waals surface area contributed by atoms with Crippen molar-refractivity contribution in [2.24, 2.45) is 0 Å². The molecule has 0 unspecified atom stereocenters. The number of hydrogen-bond donors (Lipinski definition) is 1. The standard InChI is InChI=1S/C20H23NO5/c1-23-19-8-2-3-9-20(19)26-15-16(22)12-21(13-17-6-4-10-24-17)14-18-7-5-11-25-18/h2-11,16,22H,12-15H2,1H3/t16-/m1/s1. The van der Waals surface area contributed by atoms with Crippen molar-refractivity contribution in [3.05, 3.63) is 72.6 Å². The molecular weight excluding hydrogens is 334 g/mol. The van der Waals surface area contributed by atoms with E-state index in [1.165, 1.54) is 0 Å². The van der Waals surface area contributed by atoms with E-state index < -0.39 is 6.10 Å². The number of benzene rings is 1. The Kier molecular flexibility index (Phi) is 6.35. The zero-order chi connectivity index (χ0) is 18.2. The molecule has 3 aromatic rings. The van der Waals surface area contributed by atoms with Crippen LogP contribution in [0.1, 0.15) is 11.5 Å². The quantitative estimate of drug-likeness (QED) is 0.600. The molecule has 2 aromatic heterocycles. The lowest BCUT2D eigenvalue weighted by Gasteiger charge is -2.23. The molecule has 0 spiro atoms. The molecule has 0 saturated carbocycles. The van der Waals surface area contributed by atoms with E-state index in [-0.39, 0.29) is 6.61 Å². The average molecular weight is 357 g/mol. The van der Waals surface area contributed by atoms with Gasteiger partial charge in [-0.2, -0.15) is 0 Å². The van der Waals surface area contributed by atoms with Gasteiger partial charge >= 0.3 is 0 Å². The van der Waals surface area contributed by atoms with Gasteiger partial charge in [-0.05, 0) is 36.4 Å². The monoisotopic (exact) mass is 357 g/mol. The largest absolute Gasteiger partial charge is 0.493 e. The third-order valence-corrected chi connectivity index (χ3v) is 3.89. The van der Waals surface area contributed by atoms with Gasteiger partial charge in [-0.15, -0.1) is 0 Å². The first-order valence-corrected chi connectivity index (χ1v) is 8.45. The Labute approximate surface area is 152 Å². The maximum Gasteiger partial charge on any atom is 0.161 e. The van der Waals surface area contributed by atoms with Gasteiger partial charge in [-0.3, -0.25) is 4.90 Å². The van der Waals surface area contributed by atoms with Crippen molar-refractivity contribution < 1.29 is 23.4 Å². The maximum absolute atomic E-state index is 10.4. The Morgan fingerprint density at radius 2 is 1.54 bits per heavy atom. The SMILES string of the molecule is COc1ccccc1OC[C@H](O)CN(Cc1ccco1)Cc1ccco1. The lowest BCUT2D eigenvalue weighted by atomic mass is 10.3. The number of hydrogen-bond acceptors (Lipinski definition) is 6. The maximum atomic E-state index is 10.4. The second-order valence-electron chi connectivity index (χ2n) is 5.94. The van der Waals surface area contributed by atoms with E-state index in [1.807, 2.05) is 53.4 Å². The smallest absolute Gasteiger partial charge is 0.161 e. The van der Waals surface area contributed by atoms with Crippen LogP contribution in [0.15, 0.2) is 69.9 Å². The first kappa shape index (κ1) is 18.1. The minimum atomic E-state index is -0.676. The topological polar surface area (TPSA) is 68.2 Å². The number of ether oxygens (including phenoxy) is 2. The van der Waals surface area contributed by atoms with Crippen LogP contribution in [-0.2, 0) is 13.1 Å². The van der Waals surface area contributed by atoms with E-state index in [4.69, 9.17) is 18.3 Å². The minimum Gasteiger partial charge on any atom is -0.493 e. The second-order valence-corrected chi connectivity index (χ2v) is 5.94. The number of aliphatic hydroxyl groups is 1. The first-order valence-electron chi connectivity index (χ1n) is 8.45. The van der Waals surface area contributed by atoms with Crippen LogP contribution in [0.4, 0.5) is 0 Å². The predicted octanol–water partition coefficient (Wildman–Crippen LogP) is 3.32. The summed E-state index contributed by atoms with van der Waals surface area (Å²) >= 11 is 0. The summed E-state index contributed by atoms with van der Waals surface area (Å²) in [7, 11) is 1.59. The van der Waals surface area contributed by atoms with Gasteiger partial charge in [0.15, 0.2) is 11.5 Å². The fraction of sp³-hybridized carbons (Fsp3) is 0.300. The highest BCUT2D eigenvalue weighted by Gasteiger charge is 2.16. The number of aliphatic hydroxyl groups excluding tert-OH is 1. The van der Waals surface area contributed by atoms with Gasteiger partial charge in [-0.25, -0.2) is 0 Å². The molecule has 2 heterocycles. The molecule has 1 aromatic carbocycles. The zero-order valence-electron chi connectivity index (χ0n) is 14.7. The van der Waals surface area contributed by atoms with E-state index in [0.717, 1.165) is 11.5 Å². The lowest BCUT2D eigenvalue weighted by Crippen LogP contribution is -2.34. The molecule has 1 atom stereocenters. The molecule has 6 nitrogen and oxygen atoms in total. The number of nitrogens with zero attached hydrogens (tertiary/aromatic N) is 1. The summed E-state index contributed by atoms with van der Waals surface area (Å²) < 4.78 is 21.8. The summed E-state index contributed by atoms with van der Waals surface area (Å²) in [4.78, 5) is 2.05. The van der Waals surface area contributed by atoms with Crippen molar-refractivity contribution in [3.8, 4) is 11.5 Å². The summed E-state index contributed by atoms with van der Waals surface area (Å²) in [5.41, 5.74) is 0. The zero-order valence-corrected chi connectivity index (χ0v) is 14.7. The average Bonchev–Trinajstić information content (AvgIpc) is 3.34. The molecular formula is C20H23NO5. The molecule has 0 saturated heterocycles. The second kappa shape index (κ2) is 9.12. The van der Waals surface area contributed by atoms with Gasteiger partial charge in [0.05, 0.1) is 32.7 Å². The highest BCUT2D eigenvalue weighted by molar-refractivity contribution is 5.39. The van der Waals surface area contributed by atoms with Crippen molar-refractivity contribution in [2.75, 3.05) is 20.3 Å². The molecule has 3 rings (SSSR count). The van der Waals surface area contributed by atoms with Gasteiger partial charge in [0.25, 0.3) is 0 Å². The molecule has 1 N–H and O–H groups in total. The summed E-state index contributed by atoms with van der Waals surface area (Å²) in [6.45, 7) is 1.71. The van der Waals surface area contributed by atoms with Crippen molar-refractivity contribution in [2.45, 2.75) is 19.2 Å². The van der Waals surface area contributed by atoms with Crippen LogP contribution in [0.2, 0.25) is 0 Å². The molecule has 0 amide bonds. The van der Waals surface area contributed by atoms with Crippen LogP contribution in [0, 0.1) is 0 Å². The van der Waals surface area contributed by atoms with Gasteiger partial charge in [0.1, 0.15) is 24.2 Å². The molecule has 0 aliphatic carbocycles. The van der Waals surface area contributed by atoms with Gasteiger partial charge in [0, 0.05) is 6.54 Å². The molecule has 0 radical (unpaired) electrons. The molecule has 0 aliphatic rings. The Morgan fingerprint density at radius 1 is 0.923 bits per heavy atom. The number of furan rings is 2. The number of rotatable bonds is 10. The summed E-state index contributed by atoms with van der Waals surface area (Å²) in [6.07, 6.45) is 2.60. The van der Waals surface area contributed by atoms with Crippen LogP contribution in [0.3, 0.4) is 0 Å². The van der Waals surface area contributed by atoms with E-state index in [9.17, 15) is 5.11 Å². The molecule has 138 valence electrons. The van der Waals surface area contributed by atoms with Crippen LogP contribution in [-0.4, -0.2) is 36.4 Å². The predicted molar refractivity (Wildman–Crippen MR) is 96.0 cm³/mol. The van der Waals surface area contributed by atoms with E-state index >= 15 is 0 Å². The van der Waals surface area contributed by atoms with Crippen LogP contribution >= 0.6 is 0 Å². The molecule has 6 heteroatoms. The molecule has 0 fully saturated rings. The minimum absolute atomic E-state index is 0.160. The lowest BCUT2D eigenvalue weighted by molar-refractivity contribution is 0.0572. The fourth-order valence-electron chi connectivity index (χ4n) is 2.71. The van der Waals surface area contributed by atoms with E-state index in [0.29, 0.717) is 31.1 Å². The molecule has 0 bridgehead atoms. The Morgan fingerprint density at radius 3 is 2.08 bits per heavy atom. The summed E-state index contributed by atoms with van der Waals surface area (Å²) in [5, 5.41) is 10.4. The van der Waals surface area contributed by atoms with Gasteiger partial charge < -0.3 is 23.4 Å². The van der Waals surface area contributed by atoms with Crippen molar-refractivity contribution in [1.82, 2.24) is 4.90 Å². The van der Waals surface area contributed by atoms with Crippen molar-refractivity contribution in [1.29, 1.82) is 0 Å². The van der Waals surface area contributed by atoms with Crippen molar-refractivity contribution >= 4 is 0 Å². The third kappa shape index (κ3) is 5.15. The van der Waals surface area contributed by atoms with Crippen LogP contribution in [0.5, 0.6) is 11.5 Å². The van der Waals surface area contributed by atoms with E-state index in [1.54, 1.807) is 19.6 Å². The first-order chi connectivity index (χ1) is 12.7.